The molecule has 86 valence electrons. The maximum absolute atomic E-state index is 12.9. The SMILES string of the molecule is Cc1ccnc(NC(=O)c2cccc(F)c2)n1. The normalized spacial score (nSPS) is 10.0. The van der Waals surface area contributed by atoms with Crippen LogP contribution in [0.5, 0.6) is 0 Å². The highest BCUT2D eigenvalue weighted by molar-refractivity contribution is 6.03. The molecule has 0 aliphatic carbocycles. The third-order valence-electron chi connectivity index (χ3n) is 2.11. The first kappa shape index (κ1) is 11.2. The molecule has 2 aromatic rings. The molecule has 2 rings (SSSR count). The van der Waals surface area contributed by atoms with Crippen LogP contribution in [0.2, 0.25) is 0 Å². The molecule has 1 amide bonds. The summed E-state index contributed by atoms with van der Waals surface area (Å²) in [4.78, 5) is 19.6. The molecule has 0 radical (unpaired) electrons. The number of carbonyl (C=O) groups is 1. The molecule has 0 aliphatic heterocycles. The zero-order valence-electron chi connectivity index (χ0n) is 9.14. The Morgan fingerprint density at radius 2 is 2.18 bits per heavy atom. The van der Waals surface area contributed by atoms with Crippen molar-refractivity contribution in [3.8, 4) is 0 Å². The molecule has 1 aromatic heterocycles. The second-order valence-electron chi connectivity index (χ2n) is 3.49. The van der Waals surface area contributed by atoms with E-state index < -0.39 is 11.7 Å². The number of hydrogen-bond donors (Lipinski definition) is 1. The number of carbonyl (C=O) groups excluding carboxylic acids is 1. The Morgan fingerprint density at radius 3 is 2.88 bits per heavy atom. The number of aromatic nitrogens is 2. The minimum atomic E-state index is -0.456. The van der Waals surface area contributed by atoms with Gasteiger partial charge in [-0.15, -0.1) is 0 Å². The number of nitrogens with one attached hydrogen (secondary N) is 1. The number of benzene rings is 1. The van der Waals surface area contributed by atoms with Crippen LogP contribution >= 0.6 is 0 Å². The van der Waals surface area contributed by atoms with Gasteiger partial charge in [0, 0.05) is 17.5 Å². The van der Waals surface area contributed by atoms with E-state index in [9.17, 15) is 9.18 Å². The number of hydrogen-bond acceptors (Lipinski definition) is 3. The minimum Gasteiger partial charge on any atom is -0.290 e. The molecule has 0 bridgehead atoms. The van der Waals surface area contributed by atoms with Crippen molar-refractivity contribution in [2.75, 3.05) is 5.32 Å². The Kier molecular flexibility index (Phi) is 3.09. The number of aryl methyl sites for hydroxylation is 1. The highest BCUT2D eigenvalue weighted by atomic mass is 19.1. The van der Waals surface area contributed by atoms with Crippen molar-refractivity contribution in [2.24, 2.45) is 0 Å². The predicted molar refractivity (Wildman–Crippen MR) is 61.1 cm³/mol. The molecule has 1 heterocycles. The average Bonchev–Trinajstić information content (AvgIpc) is 2.29. The summed E-state index contributed by atoms with van der Waals surface area (Å²) in [5.74, 6) is -0.683. The van der Waals surface area contributed by atoms with E-state index in [0.717, 1.165) is 11.8 Å². The Morgan fingerprint density at radius 1 is 1.35 bits per heavy atom. The Bertz CT molecular complexity index is 557. The molecular weight excluding hydrogens is 221 g/mol. The quantitative estimate of drug-likeness (QED) is 0.861. The molecule has 4 nitrogen and oxygen atoms in total. The summed E-state index contributed by atoms with van der Waals surface area (Å²) in [5.41, 5.74) is 0.977. The van der Waals surface area contributed by atoms with Crippen molar-refractivity contribution in [3.05, 3.63) is 53.6 Å². The fourth-order valence-corrected chi connectivity index (χ4v) is 1.31. The summed E-state index contributed by atoms with van der Waals surface area (Å²) in [6, 6.07) is 7.15. The predicted octanol–water partition coefficient (Wildman–Crippen LogP) is 2.18. The van der Waals surface area contributed by atoms with Crippen LogP contribution in [0, 0.1) is 12.7 Å². The van der Waals surface area contributed by atoms with E-state index in [1.165, 1.54) is 18.2 Å². The first-order chi connectivity index (χ1) is 8.15. The number of rotatable bonds is 2. The van der Waals surface area contributed by atoms with Crippen LogP contribution in [0.15, 0.2) is 36.5 Å². The lowest BCUT2D eigenvalue weighted by Crippen LogP contribution is -2.14. The summed E-state index contributed by atoms with van der Waals surface area (Å²) in [6.07, 6.45) is 1.55. The van der Waals surface area contributed by atoms with Gasteiger partial charge in [0.15, 0.2) is 0 Å². The van der Waals surface area contributed by atoms with Gasteiger partial charge in [-0.2, -0.15) is 0 Å². The number of halogens is 1. The van der Waals surface area contributed by atoms with Crippen LogP contribution < -0.4 is 5.32 Å². The molecule has 0 saturated heterocycles. The van der Waals surface area contributed by atoms with Crippen molar-refractivity contribution >= 4 is 11.9 Å². The number of amides is 1. The van der Waals surface area contributed by atoms with E-state index in [1.807, 2.05) is 0 Å². The standard InChI is InChI=1S/C12H10FN3O/c1-8-5-6-14-12(15-8)16-11(17)9-3-2-4-10(13)7-9/h2-7H,1H3,(H,14,15,16,17). The highest BCUT2D eigenvalue weighted by Crippen LogP contribution is 2.06. The maximum atomic E-state index is 12.9. The van der Waals surface area contributed by atoms with Gasteiger partial charge in [-0.05, 0) is 31.2 Å². The van der Waals surface area contributed by atoms with Crippen LogP contribution in [0.3, 0.4) is 0 Å². The zero-order chi connectivity index (χ0) is 12.3. The fourth-order valence-electron chi connectivity index (χ4n) is 1.31. The van der Waals surface area contributed by atoms with Gasteiger partial charge in [-0.25, -0.2) is 14.4 Å². The van der Waals surface area contributed by atoms with E-state index in [2.05, 4.69) is 15.3 Å². The van der Waals surface area contributed by atoms with E-state index in [4.69, 9.17) is 0 Å². The second kappa shape index (κ2) is 4.69. The Hall–Kier alpha value is -2.30. The Balaban J connectivity index is 2.17. The third kappa shape index (κ3) is 2.84. The molecular formula is C12H10FN3O. The molecule has 1 N–H and O–H groups in total. The van der Waals surface area contributed by atoms with Gasteiger partial charge in [-0.1, -0.05) is 6.07 Å². The fraction of sp³-hybridized carbons (Fsp3) is 0.0833. The van der Waals surface area contributed by atoms with Crippen molar-refractivity contribution in [2.45, 2.75) is 6.92 Å². The molecule has 0 atom stereocenters. The van der Waals surface area contributed by atoms with Gasteiger partial charge in [-0.3, -0.25) is 10.1 Å². The average molecular weight is 231 g/mol. The summed E-state index contributed by atoms with van der Waals surface area (Å²) in [7, 11) is 0. The van der Waals surface area contributed by atoms with Gasteiger partial charge in [0.2, 0.25) is 5.95 Å². The highest BCUT2D eigenvalue weighted by Gasteiger charge is 2.08. The molecule has 0 fully saturated rings. The van der Waals surface area contributed by atoms with Gasteiger partial charge < -0.3 is 0 Å². The van der Waals surface area contributed by atoms with E-state index in [0.29, 0.717) is 0 Å². The maximum Gasteiger partial charge on any atom is 0.258 e. The van der Waals surface area contributed by atoms with Crippen LogP contribution in [-0.2, 0) is 0 Å². The van der Waals surface area contributed by atoms with Crippen LogP contribution in [0.25, 0.3) is 0 Å². The molecule has 17 heavy (non-hydrogen) atoms. The molecule has 0 spiro atoms. The van der Waals surface area contributed by atoms with Crippen molar-refractivity contribution < 1.29 is 9.18 Å². The van der Waals surface area contributed by atoms with E-state index in [1.54, 1.807) is 19.2 Å². The lowest BCUT2D eigenvalue weighted by molar-refractivity contribution is 0.102. The van der Waals surface area contributed by atoms with Crippen LogP contribution in [0.4, 0.5) is 10.3 Å². The molecule has 0 saturated carbocycles. The van der Waals surface area contributed by atoms with Crippen molar-refractivity contribution in [1.82, 2.24) is 9.97 Å². The number of nitrogens with zero attached hydrogens (tertiary/aromatic N) is 2. The third-order valence-corrected chi connectivity index (χ3v) is 2.11. The van der Waals surface area contributed by atoms with E-state index in [-0.39, 0.29) is 11.5 Å². The summed E-state index contributed by atoms with van der Waals surface area (Å²) >= 11 is 0. The first-order valence-electron chi connectivity index (χ1n) is 5.02. The summed E-state index contributed by atoms with van der Waals surface area (Å²) < 4.78 is 12.9. The topological polar surface area (TPSA) is 54.9 Å². The van der Waals surface area contributed by atoms with Gasteiger partial charge in [0.05, 0.1) is 0 Å². The van der Waals surface area contributed by atoms with Crippen molar-refractivity contribution in [1.29, 1.82) is 0 Å². The monoisotopic (exact) mass is 231 g/mol. The molecule has 0 unspecified atom stereocenters. The molecule has 5 heteroatoms. The van der Waals surface area contributed by atoms with Crippen molar-refractivity contribution in [3.63, 3.8) is 0 Å². The minimum absolute atomic E-state index is 0.208. The van der Waals surface area contributed by atoms with Crippen LogP contribution in [0.1, 0.15) is 16.1 Å². The van der Waals surface area contributed by atoms with Crippen LogP contribution in [-0.4, -0.2) is 15.9 Å². The first-order valence-corrected chi connectivity index (χ1v) is 5.02. The van der Waals surface area contributed by atoms with E-state index >= 15 is 0 Å². The zero-order valence-corrected chi connectivity index (χ0v) is 9.14. The molecule has 0 aliphatic rings. The lowest BCUT2D eigenvalue weighted by atomic mass is 10.2. The number of anilines is 1. The smallest absolute Gasteiger partial charge is 0.258 e. The molecule has 1 aromatic carbocycles. The van der Waals surface area contributed by atoms with Gasteiger partial charge >= 0.3 is 0 Å². The summed E-state index contributed by atoms with van der Waals surface area (Å²) in [6.45, 7) is 1.79. The largest absolute Gasteiger partial charge is 0.290 e. The second-order valence-corrected chi connectivity index (χ2v) is 3.49. The van der Waals surface area contributed by atoms with Gasteiger partial charge in [0.1, 0.15) is 5.82 Å². The van der Waals surface area contributed by atoms with Gasteiger partial charge in [0.25, 0.3) is 5.91 Å². The summed E-state index contributed by atoms with van der Waals surface area (Å²) in [5, 5.41) is 2.50. The lowest BCUT2D eigenvalue weighted by Gasteiger charge is -2.03. The Labute approximate surface area is 97.5 Å².